The number of benzene rings is 2. The third-order valence-electron chi connectivity index (χ3n) is 3.27. The Morgan fingerprint density at radius 1 is 1.23 bits per heavy atom. The van der Waals surface area contributed by atoms with E-state index in [0.29, 0.717) is 33.4 Å². The summed E-state index contributed by atoms with van der Waals surface area (Å²) in [4.78, 5) is 12.3. The number of amides is 1. The van der Waals surface area contributed by atoms with Gasteiger partial charge < -0.3 is 14.2 Å². The number of terminal acetylenes is 1. The summed E-state index contributed by atoms with van der Waals surface area (Å²) in [7, 11) is 3.01. The molecule has 0 unspecified atom stereocenters. The van der Waals surface area contributed by atoms with E-state index in [9.17, 15) is 4.79 Å². The second-order valence-corrected chi connectivity index (χ2v) is 5.41. The lowest BCUT2D eigenvalue weighted by Crippen LogP contribution is -2.17. The molecule has 1 amide bonds. The minimum absolute atomic E-state index is 0.110. The molecular weight excluding hydrogens is 356 g/mol. The van der Waals surface area contributed by atoms with Crippen molar-refractivity contribution in [2.75, 3.05) is 20.8 Å². The SMILES string of the molecule is C#CCOc1ccc(Cl)cc1/C=N\NC(=O)c1cc(OC)cc(OC)c1. The summed E-state index contributed by atoms with van der Waals surface area (Å²) in [6.07, 6.45) is 6.62. The Kier molecular flexibility index (Phi) is 6.89. The maximum Gasteiger partial charge on any atom is 0.271 e. The molecule has 0 spiro atoms. The van der Waals surface area contributed by atoms with Gasteiger partial charge in [-0.15, -0.1) is 6.42 Å². The van der Waals surface area contributed by atoms with Crippen LogP contribution in [0.25, 0.3) is 0 Å². The van der Waals surface area contributed by atoms with E-state index in [1.807, 2.05) is 0 Å². The predicted octanol–water partition coefficient (Wildman–Crippen LogP) is 3.13. The maximum atomic E-state index is 12.3. The zero-order valence-corrected chi connectivity index (χ0v) is 15.0. The summed E-state index contributed by atoms with van der Waals surface area (Å²) in [5, 5.41) is 4.45. The molecule has 0 aliphatic rings. The zero-order valence-electron chi connectivity index (χ0n) is 14.3. The summed E-state index contributed by atoms with van der Waals surface area (Å²) >= 11 is 5.98. The number of rotatable bonds is 7. The lowest BCUT2D eigenvalue weighted by atomic mass is 10.2. The summed E-state index contributed by atoms with van der Waals surface area (Å²) in [6.45, 7) is 0.110. The van der Waals surface area contributed by atoms with Gasteiger partial charge in [-0.2, -0.15) is 5.10 Å². The lowest BCUT2D eigenvalue weighted by molar-refractivity contribution is 0.0954. The topological polar surface area (TPSA) is 69.2 Å². The molecule has 134 valence electrons. The Morgan fingerprint density at radius 3 is 2.54 bits per heavy atom. The highest BCUT2D eigenvalue weighted by Crippen LogP contribution is 2.23. The lowest BCUT2D eigenvalue weighted by Gasteiger charge is -2.08. The van der Waals surface area contributed by atoms with Crippen molar-refractivity contribution < 1.29 is 19.0 Å². The average Bonchev–Trinajstić information content (AvgIpc) is 2.66. The van der Waals surface area contributed by atoms with Crippen LogP contribution in [-0.4, -0.2) is 32.9 Å². The number of carbonyl (C=O) groups excluding carboxylic acids is 1. The van der Waals surface area contributed by atoms with Gasteiger partial charge in [-0.1, -0.05) is 17.5 Å². The van der Waals surface area contributed by atoms with Crippen molar-refractivity contribution in [3.05, 3.63) is 52.5 Å². The molecule has 0 bridgehead atoms. The number of hydrogen-bond acceptors (Lipinski definition) is 5. The zero-order chi connectivity index (χ0) is 18.9. The molecule has 6 nitrogen and oxygen atoms in total. The fraction of sp³-hybridized carbons (Fsp3) is 0.158. The molecule has 2 aromatic rings. The Hall–Kier alpha value is -3.17. The van der Waals surface area contributed by atoms with Crippen LogP contribution in [0.1, 0.15) is 15.9 Å². The number of carbonyl (C=O) groups is 1. The molecule has 0 aliphatic carbocycles. The summed E-state index contributed by atoms with van der Waals surface area (Å²) in [6, 6.07) is 9.82. The second kappa shape index (κ2) is 9.35. The van der Waals surface area contributed by atoms with E-state index < -0.39 is 5.91 Å². The number of hydrazone groups is 1. The van der Waals surface area contributed by atoms with Gasteiger partial charge in [-0.05, 0) is 30.3 Å². The molecule has 2 aromatic carbocycles. The van der Waals surface area contributed by atoms with Crippen LogP contribution in [0.15, 0.2) is 41.5 Å². The number of ether oxygens (including phenoxy) is 3. The molecule has 0 saturated carbocycles. The van der Waals surface area contributed by atoms with Crippen LogP contribution in [0.5, 0.6) is 17.2 Å². The monoisotopic (exact) mass is 372 g/mol. The molecule has 2 rings (SSSR count). The van der Waals surface area contributed by atoms with Crippen LogP contribution in [-0.2, 0) is 0 Å². The molecule has 0 atom stereocenters. The van der Waals surface area contributed by atoms with Crippen molar-refractivity contribution in [1.29, 1.82) is 0 Å². The van der Waals surface area contributed by atoms with E-state index in [2.05, 4.69) is 16.4 Å². The van der Waals surface area contributed by atoms with Crippen LogP contribution < -0.4 is 19.6 Å². The Morgan fingerprint density at radius 2 is 1.92 bits per heavy atom. The highest BCUT2D eigenvalue weighted by Gasteiger charge is 2.09. The largest absolute Gasteiger partial charge is 0.497 e. The highest BCUT2D eigenvalue weighted by molar-refractivity contribution is 6.30. The first kappa shape index (κ1) is 19.2. The number of hydrogen-bond donors (Lipinski definition) is 1. The van der Waals surface area contributed by atoms with Gasteiger partial charge in [0.25, 0.3) is 5.91 Å². The minimum Gasteiger partial charge on any atom is -0.497 e. The van der Waals surface area contributed by atoms with Crippen molar-refractivity contribution in [1.82, 2.24) is 5.43 Å². The highest BCUT2D eigenvalue weighted by atomic mass is 35.5. The van der Waals surface area contributed by atoms with E-state index in [0.717, 1.165) is 0 Å². The summed E-state index contributed by atoms with van der Waals surface area (Å²) in [5.41, 5.74) is 3.35. The minimum atomic E-state index is -0.424. The quantitative estimate of drug-likeness (QED) is 0.460. The van der Waals surface area contributed by atoms with E-state index in [-0.39, 0.29) is 6.61 Å². The van der Waals surface area contributed by atoms with Crippen molar-refractivity contribution in [2.24, 2.45) is 5.10 Å². The van der Waals surface area contributed by atoms with Crippen LogP contribution in [0.2, 0.25) is 5.02 Å². The number of nitrogens with one attached hydrogen (secondary N) is 1. The van der Waals surface area contributed by atoms with E-state index >= 15 is 0 Å². The first-order chi connectivity index (χ1) is 12.6. The Labute approximate surface area is 156 Å². The molecule has 26 heavy (non-hydrogen) atoms. The molecule has 7 heteroatoms. The Balaban J connectivity index is 2.14. The molecule has 0 heterocycles. The summed E-state index contributed by atoms with van der Waals surface area (Å²) < 4.78 is 15.7. The first-order valence-corrected chi connectivity index (χ1v) is 7.87. The van der Waals surface area contributed by atoms with Crippen molar-refractivity contribution in [3.63, 3.8) is 0 Å². The van der Waals surface area contributed by atoms with Crippen LogP contribution in [0, 0.1) is 12.3 Å². The predicted molar refractivity (Wildman–Crippen MR) is 100 cm³/mol. The van der Waals surface area contributed by atoms with Crippen molar-refractivity contribution in [3.8, 4) is 29.6 Å². The molecule has 1 N–H and O–H groups in total. The third-order valence-corrected chi connectivity index (χ3v) is 3.50. The Bertz CT molecular complexity index is 837. The average molecular weight is 373 g/mol. The molecular formula is C19H17ClN2O4. The fourth-order valence-corrected chi connectivity index (χ4v) is 2.22. The summed E-state index contributed by atoms with van der Waals surface area (Å²) in [5.74, 6) is 3.46. The van der Waals surface area contributed by atoms with Gasteiger partial charge in [0.15, 0.2) is 0 Å². The molecule has 0 saturated heterocycles. The smallest absolute Gasteiger partial charge is 0.271 e. The standard InChI is InChI=1S/C19H17ClN2O4/c1-4-7-26-18-6-5-15(20)8-14(18)12-21-22-19(23)13-9-16(24-2)11-17(10-13)25-3/h1,5-6,8-12H,7H2,2-3H3,(H,22,23)/b21-12-. The number of nitrogens with zero attached hydrogens (tertiary/aromatic N) is 1. The molecule has 0 aliphatic heterocycles. The van der Waals surface area contributed by atoms with E-state index in [4.69, 9.17) is 32.2 Å². The molecule has 0 radical (unpaired) electrons. The number of methoxy groups -OCH3 is 2. The van der Waals surface area contributed by atoms with Crippen LogP contribution in [0.3, 0.4) is 0 Å². The third kappa shape index (κ3) is 5.16. The van der Waals surface area contributed by atoms with Gasteiger partial charge in [0.1, 0.15) is 23.9 Å². The van der Waals surface area contributed by atoms with E-state index in [1.54, 1.807) is 36.4 Å². The first-order valence-electron chi connectivity index (χ1n) is 7.49. The van der Waals surface area contributed by atoms with Crippen molar-refractivity contribution >= 4 is 23.7 Å². The van der Waals surface area contributed by atoms with Gasteiger partial charge >= 0.3 is 0 Å². The van der Waals surface area contributed by atoms with Crippen molar-refractivity contribution in [2.45, 2.75) is 0 Å². The maximum absolute atomic E-state index is 12.3. The van der Waals surface area contributed by atoms with Crippen LogP contribution >= 0.6 is 11.6 Å². The van der Waals surface area contributed by atoms with Gasteiger partial charge in [-0.3, -0.25) is 4.79 Å². The fourth-order valence-electron chi connectivity index (χ4n) is 2.03. The number of halogens is 1. The molecule has 0 aromatic heterocycles. The van der Waals surface area contributed by atoms with Crippen LogP contribution in [0.4, 0.5) is 0 Å². The van der Waals surface area contributed by atoms with Gasteiger partial charge in [0.2, 0.25) is 0 Å². The van der Waals surface area contributed by atoms with Gasteiger partial charge in [0.05, 0.1) is 20.4 Å². The van der Waals surface area contributed by atoms with Gasteiger partial charge in [-0.25, -0.2) is 5.43 Å². The second-order valence-electron chi connectivity index (χ2n) is 4.98. The van der Waals surface area contributed by atoms with Gasteiger partial charge in [0, 0.05) is 22.2 Å². The normalized spacial score (nSPS) is 10.2. The molecule has 0 fully saturated rings. The van der Waals surface area contributed by atoms with E-state index in [1.165, 1.54) is 20.4 Å².